The normalized spacial score (nSPS) is 19.1. The second kappa shape index (κ2) is 8.88. The summed E-state index contributed by atoms with van der Waals surface area (Å²) in [4.78, 5) is 29.3. The Hall–Kier alpha value is -2.96. The van der Waals surface area contributed by atoms with E-state index in [1.54, 1.807) is 17.2 Å². The summed E-state index contributed by atoms with van der Waals surface area (Å²) in [5.74, 6) is 0.557. The Morgan fingerprint density at radius 2 is 1.88 bits per heavy atom. The average molecular weight is 440 g/mol. The Labute approximate surface area is 189 Å². The fraction of sp³-hybridized carbons (Fsp3) is 0.520. The monoisotopic (exact) mass is 439 g/mol. The minimum atomic E-state index is -0.507. The smallest absolute Gasteiger partial charge is 0.410 e. The van der Waals surface area contributed by atoms with Crippen LogP contribution in [0.4, 0.5) is 10.5 Å². The van der Waals surface area contributed by atoms with Crippen LogP contribution in [0.15, 0.2) is 41.0 Å². The van der Waals surface area contributed by atoms with Crippen molar-refractivity contribution < 1.29 is 18.7 Å². The molecule has 1 aromatic carbocycles. The molecule has 32 heavy (non-hydrogen) atoms. The number of para-hydroxylation sites is 1. The van der Waals surface area contributed by atoms with E-state index < -0.39 is 5.60 Å². The molecule has 7 heteroatoms. The van der Waals surface area contributed by atoms with Crippen molar-refractivity contribution in [3.8, 4) is 0 Å². The Balaban J connectivity index is 1.34. The first kappa shape index (κ1) is 22.2. The topological polar surface area (TPSA) is 75.0 Å². The highest BCUT2D eigenvalue weighted by Crippen LogP contribution is 2.33. The van der Waals surface area contributed by atoms with Crippen molar-refractivity contribution in [3.63, 3.8) is 0 Å². The summed E-state index contributed by atoms with van der Waals surface area (Å²) in [5, 5.41) is 3.13. The van der Waals surface area contributed by atoms with Gasteiger partial charge in [-0.05, 0) is 64.7 Å². The van der Waals surface area contributed by atoms with Crippen molar-refractivity contribution in [3.05, 3.63) is 53.5 Å². The van der Waals surface area contributed by atoms with Gasteiger partial charge < -0.3 is 24.3 Å². The average Bonchev–Trinajstić information content (AvgIpc) is 3.32. The second-order valence-corrected chi connectivity index (χ2v) is 9.78. The van der Waals surface area contributed by atoms with Gasteiger partial charge in [-0.15, -0.1) is 0 Å². The van der Waals surface area contributed by atoms with Gasteiger partial charge in [0.1, 0.15) is 11.4 Å². The van der Waals surface area contributed by atoms with E-state index in [4.69, 9.17) is 9.15 Å². The van der Waals surface area contributed by atoms with Gasteiger partial charge in [-0.2, -0.15) is 0 Å². The third kappa shape index (κ3) is 4.92. The first-order valence-corrected chi connectivity index (χ1v) is 11.4. The molecular weight excluding hydrogens is 406 g/mol. The number of benzene rings is 1. The highest BCUT2D eigenvalue weighted by atomic mass is 16.6. The number of piperidine rings is 1. The SMILES string of the molecule is CC1Cc2ccccc2N1Cc1occc1C(=O)NC1CCN(C(=O)OC(C)(C)C)CC1. The van der Waals surface area contributed by atoms with Crippen LogP contribution >= 0.6 is 0 Å². The van der Waals surface area contributed by atoms with Crippen LogP contribution in [0.3, 0.4) is 0 Å². The molecule has 2 aliphatic heterocycles. The van der Waals surface area contributed by atoms with Crippen molar-refractivity contribution in [2.45, 2.75) is 71.2 Å². The maximum absolute atomic E-state index is 13.0. The Morgan fingerprint density at radius 1 is 1.16 bits per heavy atom. The molecule has 1 unspecified atom stereocenters. The van der Waals surface area contributed by atoms with E-state index in [2.05, 4.69) is 35.3 Å². The first-order valence-electron chi connectivity index (χ1n) is 11.4. The highest BCUT2D eigenvalue weighted by Gasteiger charge is 2.30. The van der Waals surface area contributed by atoms with Crippen LogP contribution in [-0.4, -0.2) is 47.7 Å². The van der Waals surface area contributed by atoms with Crippen molar-refractivity contribution >= 4 is 17.7 Å². The minimum Gasteiger partial charge on any atom is -0.467 e. The zero-order valence-corrected chi connectivity index (χ0v) is 19.4. The fourth-order valence-electron chi connectivity index (χ4n) is 4.49. The van der Waals surface area contributed by atoms with Gasteiger partial charge in [-0.3, -0.25) is 4.79 Å². The molecule has 1 aromatic heterocycles. The first-order chi connectivity index (χ1) is 15.2. The predicted molar refractivity (Wildman–Crippen MR) is 123 cm³/mol. The number of hydrogen-bond donors (Lipinski definition) is 1. The van der Waals surface area contributed by atoms with Gasteiger partial charge in [0.05, 0.1) is 18.4 Å². The predicted octanol–water partition coefficient (Wildman–Crippen LogP) is 4.36. The lowest BCUT2D eigenvalue weighted by Crippen LogP contribution is -2.47. The van der Waals surface area contributed by atoms with Crippen LogP contribution in [0.1, 0.15) is 62.2 Å². The fourth-order valence-corrected chi connectivity index (χ4v) is 4.49. The number of hydrogen-bond acceptors (Lipinski definition) is 5. The molecule has 2 amide bonds. The van der Waals surface area contributed by atoms with E-state index in [9.17, 15) is 9.59 Å². The second-order valence-electron chi connectivity index (χ2n) is 9.78. The van der Waals surface area contributed by atoms with Crippen LogP contribution in [0.2, 0.25) is 0 Å². The number of furan rings is 1. The van der Waals surface area contributed by atoms with Gasteiger partial charge in [-0.25, -0.2) is 4.79 Å². The Kier molecular flexibility index (Phi) is 6.17. The number of likely N-dealkylation sites (tertiary alicyclic amines) is 1. The summed E-state index contributed by atoms with van der Waals surface area (Å²) in [7, 11) is 0. The lowest BCUT2D eigenvalue weighted by atomic mass is 10.0. The van der Waals surface area contributed by atoms with Crippen LogP contribution in [-0.2, 0) is 17.7 Å². The molecule has 3 heterocycles. The molecule has 4 rings (SSSR count). The van der Waals surface area contributed by atoms with Crippen molar-refractivity contribution in [2.75, 3.05) is 18.0 Å². The minimum absolute atomic E-state index is 0.0235. The summed E-state index contributed by atoms with van der Waals surface area (Å²) in [6, 6.07) is 10.5. The quantitative estimate of drug-likeness (QED) is 0.766. The molecule has 1 saturated heterocycles. The van der Waals surface area contributed by atoms with Gasteiger partial charge in [0.2, 0.25) is 0 Å². The van der Waals surface area contributed by atoms with Crippen molar-refractivity contribution in [1.29, 1.82) is 0 Å². The van der Waals surface area contributed by atoms with Gasteiger partial charge in [0, 0.05) is 30.9 Å². The van der Waals surface area contributed by atoms with E-state index >= 15 is 0 Å². The zero-order valence-electron chi connectivity index (χ0n) is 19.4. The Bertz CT molecular complexity index is 970. The molecule has 0 bridgehead atoms. The number of nitrogens with one attached hydrogen (secondary N) is 1. The lowest BCUT2D eigenvalue weighted by Gasteiger charge is -2.33. The number of carbonyl (C=O) groups is 2. The summed E-state index contributed by atoms with van der Waals surface area (Å²) in [6.45, 7) is 9.48. The number of carbonyl (C=O) groups excluding carboxylic acids is 2. The number of anilines is 1. The van der Waals surface area contributed by atoms with E-state index in [1.165, 1.54) is 11.3 Å². The van der Waals surface area contributed by atoms with Gasteiger partial charge in [0.15, 0.2) is 0 Å². The summed E-state index contributed by atoms with van der Waals surface area (Å²) < 4.78 is 11.2. The van der Waals surface area contributed by atoms with Crippen molar-refractivity contribution in [1.82, 2.24) is 10.2 Å². The third-order valence-corrected chi connectivity index (χ3v) is 6.13. The van der Waals surface area contributed by atoms with Crippen LogP contribution in [0, 0.1) is 0 Å². The summed E-state index contributed by atoms with van der Waals surface area (Å²) in [5.41, 5.74) is 2.61. The molecule has 1 fully saturated rings. The molecule has 0 spiro atoms. The Morgan fingerprint density at radius 3 is 2.59 bits per heavy atom. The molecule has 7 nitrogen and oxygen atoms in total. The maximum atomic E-state index is 13.0. The van der Waals surface area contributed by atoms with Crippen LogP contribution < -0.4 is 10.2 Å². The molecule has 2 aromatic rings. The van der Waals surface area contributed by atoms with E-state index in [0.717, 1.165) is 6.42 Å². The number of ether oxygens (including phenoxy) is 1. The molecule has 172 valence electrons. The summed E-state index contributed by atoms with van der Waals surface area (Å²) >= 11 is 0. The van der Waals surface area contributed by atoms with Crippen LogP contribution in [0.5, 0.6) is 0 Å². The zero-order chi connectivity index (χ0) is 22.9. The van der Waals surface area contributed by atoms with Gasteiger partial charge in [0.25, 0.3) is 5.91 Å². The molecule has 0 saturated carbocycles. The number of amides is 2. The molecule has 0 radical (unpaired) electrons. The summed E-state index contributed by atoms with van der Waals surface area (Å²) in [6.07, 6.45) is 3.69. The lowest BCUT2D eigenvalue weighted by molar-refractivity contribution is 0.0199. The van der Waals surface area contributed by atoms with Gasteiger partial charge in [-0.1, -0.05) is 18.2 Å². The van der Waals surface area contributed by atoms with Crippen LogP contribution in [0.25, 0.3) is 0 Å². The van der Waals surface area contributed by atoms with Gasteiger partial charge >= 0.3 is 6.09 Å². The standard InChI is InChI=1S/C25H33N3O4/c1-17-15-18-7-5-6-8-21(18)28(17)16-22-20(11-14-31-22)23(29)26-19-9-12-27(13-10-19)24(30)32-25(2,3)4/h5-8,11,14,17,19H,9-10,12-13,15-16H2,1-4H3,(H,26,29). The molecule has 2 aliphatic rings. The van der Waals surface area contributed by atoms with E-state index in [1.807, 2.05) is 26.8 Å². The van der Waals surface area contributed by atoms with Crippen molar-refractivity contribution in [2.24, 2.45) is 0 Å². The largest absolute Gasteiger partial charge is 0.467 e. The van der Waals surface area contributed by atoms with E-state index in [-0.39, 0.29) is 18.0 Å². The third-order valence-electron chi connectivity index (χ3n) is 6.13. The highest BCUT2D eigenvalue weighted by molar-refractivity contribution is 5.95. The van der Waals surface area contributed by atoms with E-state index in [0.29, 0.717) is 49.8 Å². The number of nitrogens with zero attached hydrogens (tertiary/aromatic N) is 2. The molecule has 1 N–H and O–H groups in total. The molecule has 0 aliphatic carbocycles. The number of rotatable bonds is 4. The maximum Gasteiger partial charge on any atom is 0.410 e. The number of fused-ring (bicyclic) bond motifs is 1. The molecule has 1 atom stereocenters. The molecular formula is C25H33N3O4.